The molecule has 0 atom stereocenters. The fourth-order valence-corrected chi connectivity index (χ4v) is 3.51. The number of hydrogen-bond donors (Lipinski definition) is 2. The van der Waals surface area contributed by atoms with E-state index in [0.717, 1.165) is 16.1 Å². The first-order valence-corrected chi connectivity index (χ1v) is 10.7. The van der Waals surface area contributed by atoms with Crippen LogP contribution in [0.3, 0.4) is 0 Å². The number of ether oxygens (including phenoxy) is 1. The molecule has 0 aromatic heterocycles. The first-order valence-electron chi connectivity index (χ1n) is 9.72. The lowest BCUT2D eigenvalue weighted by Crippen LogP contribution is -2.15. The van der Waals surface area contributed by atoms with Gasteiger partial charge in [-0.15, -0.1) is 11.8 Å². The van der Waals surface area contributed by atoms with Gasteiger partial charge in [-0.3, -0.25) is 9.59 Å². The lowest BCUT2D eigenvalue weighted by Gasteiger charge is -2.11. The van der Waals surface area contributed by atoms with E-state index in [1.54, 1.807) is 0 Å². The molecule has 6 heteroatoms. The van der Waals surface area contributed by atoms with Crippen LogP contribution in [0.25, 0.3) is 0 Å². The topological polar surface area (TPSA) is 67.4 Å². The van der Waals surface area contributed by atoms with Gasteiger partial charge in [0.15, 0.2) is 0 Å². The average Bonchev–Trinajstić information content (AvgIpc) is 2.75. The lowest BCUT2D eigenvalue weighted by molar-refractivity contribution is -0.115. The van der Waals surface area contributed by atoms with E-state index in [1.807, 2.05) is 85.8 Å². The molecule has 0 radical (unpaired) electrons. The number of nitrogens with one attached hydrogen (secondary N) is 2. The molecule has 0 fully saturated rings. The third-order valence-electron chi connectivity index (χ3n) is 4.18. The van der Waals surface area contributed by atoms with Crippen molar-refractivity contribution >= 4 is 35.0 Å². The molecule has 0 spiro atoms. The summed E-state index contributed by atoms with van der Waals surface area (Å²) in [6, 6.07) is 24.5. The summed E-state index contributed by atoms with van der Waals surface area (Å²) in [4.78, 5) is 25.4. The first-order chi connectivity index (χ1) is 14.6. The Labute approximate surface area is 180 Å². The van der Waals surface area contributed by atoms with Gasteiger partial charge in [-0.25, -0.2) is 0 Å². The monoisotopic (exact) mass is 420 g/mol. The summed E-state index contributed by atoms with van der Waals surface area (Å²) in [6.07, 6.45) is 0.334. The summed E-state index contributed by atoms with van der Waals surface area (Å²) in [5, 5.41) is 5.78. The number of hydrogen-bond acceptors (Lipinski definition) is 4. The minimum atomic E-state index is -0.104. The van der Waals surface area contributed by atoms with Crippen LogP contribution in [0.5, 0.6) is 5.75 Å². The summed E-state index contributed by atoms with van der Waals surface area (Å²) in [5.74, 6) is 0.774. The van der Waals surface area contributed by atoms with Crippen molar-refractivity contribution in [3.05, 3.63) is 84.4 Å². The summed E-state index contributed by atoms with van der Waals surface area (Å²) in [7, 11) is 0. The molecular formula is C24H24N2O3S. The molecule has 0 aliphatic carbocycles. The molecule has 154 valence electrons. The molecule has 0 heterocycles. The Bertz CT molecular complexity index is 975. The zero-order chi connectivity index (χ0) is 21.2. The van der Waals surface area contributed by atoms with Crippen molar-refractivity contribution in [3.8, 4) is 5.75 Å². The average molecular weight is 421 g/mol. The van der Waals surface area contributed by atoms with Crippen LogP contribution < -0.4 is 15.4 Å². The Hall–Kier alpha value is -3.25. The molecule has 5 nitrogen and oxygen atoms in total. The van der Waals surface area contributed by atoms with Crippen LogP contribution in [0.4, 0.5) is 11.4 Å². The third-order valence-corrected chi connectivity index (χ3v) is 5.19. The summed E-state index contributed by atoms with van der Waals surface area (Å²) < 4.78 is 5.53. The molecule has 2 N–H and O–H groups in total. The van der Waals surface area contributed by atoms with Gasteiger partial charge in [0.05, 0.1) is 24.5 Å². The standard InChI is InChI=1S/C24H24N2O3S/c1-2-29-22-11-7-6-10-21(22)26-24(28)17-30-20-14-12-19(13-15-20)25-23(27)16-18-8-4-3-5-9-18/h3-15H,2,16-17H2,1H3,(H,25,27)(H,26,28). The van der Waals surface area contributed by atoms with E-state index in [-0.39, 0.29) is 17.6 Å². The number of thioether (sulfide) groups is 1. The van der Waals surface area contributed by atoms with E-state index in [9.17, 15) is 9.59 Å². The van der Waals surface area contributed by atoms with Crippen LogP contribution in [0, 0.1) is 0 Å². The predicted molar refractivity (Wildman–Crippen MR) is 122 cm³/mol. The van der Waals surface area contributed by atoms with Gasteiger partial charge in [-0.2, -0.15) is 0 Å². The Morgan fingerprint density at radius 3 is 2.27 bits per heavy atom. The van der Waals surface area contributed by atoms with Gasteiger partial charge in [0.25, 0.3) is 0 Å². The van der Waals surface area contributed by atoms with Crippen LogP contribution >= 0.6 is 11.8 Å². The van der Waals surface area contributed by atoms with E-state index < -0.39 is 0 Å². The number of benzene rings is 3. The summed E-state index contributed by atoms with van der Waals surface area (Å²) in [6.45, 7) is 2.44. The number of rotatable bonds is 9. The molecule has 2 amide bonds. The molecule has 0 unspecified atom stereocenters. The van der Waals surface area contributed by atoms with Crippen LogP contribution in [-0.4, -0.2) is 24.2 Å². The molecule has 0 bridgehead atoms. The Morgan fingerprint density at radius 1 is 0.833 bits per heavy atom. The van der Waals surface area contributed by atoms with Crippen LogP contribution in [0.2, 0.25) is 0 Å². The summed E-state index contributed by atoms with van der Waals surface area (Å²) in [5.41, 5.74) is 2.37. The second-order valence-corrected chi connectivity index (χ2v) is 7.55. The molecular weight excluding hydrogens is 396 g/mol. The number of carbonyl (C=O) groups excluding carboxylic acids is 2. The van der Waals surface area contributed by atoms with Gasteiger partial charge in [0.1, 0.15) is 5.75 Å². The molecule has 3 rings (SSSR count). The minimum Gasteiger partial charge on any atom is -0.492 e. The Balaban J connectivity index is 1.47. The zero-order valence-electron chi connectivity index (χ0n) is 16.8. The normalized spacial score (nSPS) is 10.3. The molecule has 3 aromatic carbocycles. The molecule has 0 saturated carbocycles. The maximum atomic E-state index is 12.3. The third kappa shape index (κ3) is 6.67. The fraction of sp³-hybridized carbons (Fsp3) is 0.167. The van der Waals surface area contributed by atoms with Crippen molar-refractivity contribution in [1.82, 2.24) is 0 Å². The maximum Gasteiger partial charge on any atom is 0.234 e. The number of para-hydroxylation sites is 2. The molecule has 3 aromatic rings. The van der Waals surface area contributed by atoms with Gasteiger partial charge >= 0.3 is 0 Å². The Morgan fingerprint density at radius 2 is 1.53 bits per heavy atom. The molecule has 0 aliphatic rings. The highest BCUT2D eigenvalue weighted by Gasteiger charge is 2.09. The number of anilines is 2. The zero-order valence-corrected chi connectivity index (χ0v) is 17.6. The van der Waals surface area contributed by atoms with Crippen molar-refractivity contribution < 1.29 is 14.3 Å². The van der Waals surface area contributed by atoms with Crippen LogP contribution in [0.15, 0.2) is 83.8 Å². The second kappa shape index (κ2) is 11.1. The van der Waals surface area contributed by atoms with E-state index in [4.69, 9.17) is 4.74 Å². The van der Waals surface area contributed by atoms with Gasteiger partial charge in [-0.1, -0.05) is 42.5 Å². The molecule has 30 heavy (non-hydrogen) atoms. The highest BCUT2D eigenvalue weighted by molar-refractivity contribution is 8.00. The predicted octanol–water partition coefficient (Wildman–Crippen LogP) is 5.00. The van der Waals surface area contributed by atoms with Crippen molar-refractivity contribution in [2.24, 2.45) is 0 Å². The van der Waals surface area contributed by atoms with Crippen molar-refractivity contribution in [2.75, 3.05) is 23.0 Å². The van der Waals surface area contributed by atoms with E-state index >= 15 is 0 Å². The number of amides is 2. The fourth-order valence-electron chi connectivity index (χ4n) is 2.81. The minimum absolute atomic E-state index is 0.0612. The van der Waals surface area contributed by atoms with Gasteiger partial charge in [0, 0.05) is 10.6 Å². The summed E-state index contributed by atoms with van der Waals surface area (Å²) >= 11 is 1.43. The second-order valence-electron chi connectivity index (χ2n) is 6.50. The van der Waals surface area contributed by atoms with Crippen LogP contribution in [-0.2, 0) is 16.0 Å². The largest absolute Gasteiger partial charge is 0.492 e. The Kier molecular flexibility index (Phi) is 7.92. The van der Waals surface area contributed by atoms with E-state index in [1.165, 1.54) is 11.8 Å². The van der Waals surface area contributed by atoms with E-state index in [2.05, 4.69) is 10.6 Å². The van der Waals surface area contributed by atoms with Gasteiger partial charge in [-0.05, 0) is 48.9 Å². The molecule has 0 saturated heterocycles. The van der Waals surface area contributed by atoms with Crippen LogP contribution in [0.1, 0.15) is 12.5 Å². The number of carbonyl (C=O) groups is 2. The van der Waals surface area contributed by atoms with E-state index in [0.29, 0.717) is 24.5 Å². The van der Waals surface area contributed by atoms with Crippen molar-refractivity contribution in [1.29, 1.82) is 0 Å². The smallest absolute Gasteiger partial charge is 0.234 e. The SMILES string of the molecule is CCOc1ccccc1NC(=O)CSc1ccc(NC(=O)Cc2ccccc2)cc1. The highest BCUT2D eigenvalue weighted by Crippen LogP contribution is 2.25. The maximum absolute atomic E-state index is 12.3. The first kappa shape index (κ1) is 21.5. The van der Waals surface area contributed by atoms with Crippen molar-refractivity contribution in [2.45, 2.75) is 18.2 Å². The highest BCUT2D eigenvalue weighted by atomic mass is 32.2. The van der Waals surface area contributed by atoms with Crippen molar-refractivity contribution in [3.63, 3.8) is 0 Å². The quantitative estimate of drug-likeness (QED) is 0.478. The lowest BCUT2D eigenvalue weighted by atomic mass is 10.1. The van der Waals surface area contributed by atoms with Gasteiger partial charge < -0.3 is 15.4 Å². The van der Waals surface area contributed by atoms with Gasteiger partial charge in [0.2, 0.25) is 11.8 Å². The molecule has 0 aliphatic heterocycles.